The van der Waals surface area contributed by atoms with Gasteiger partial charge in [0.1, 0.15) is 0 Å². The van der Waals surface area contributed by atoms with Gasteiger partial charge in [0.05, 0.1) is 17.4 Å². The zero-order chi connectivity index (χ0) is 11.8. The van der Waals surface area contributed by atoms with Gasteiger partial charge in [-0.05, 0) is 36.6 Å². The van der Waals surface area contributed by atoms with Crippen LogP contribution in [0.25, 0.3) is 5.69 Å². The Kier molecular flexibility index (Phi) is 2.43. The molecule has 2 aromatic rings. The Bertz CT molecular complexity index is 525. The molecule has 1 aliphatic heterocycles. The second kappa shape index (κ2) is 3.95. The van der Waals surface area contributed by atoms with Gasteiger partial charge >= 0.3 is 0 Å². The van der Waals surface area contributed by atoms with Crippen LogP contribution >= 0.6 is 0 Å². The number of aromatic nitrogens is 1. The Balaban J connectivity index is 2.06. The van der Waals surface area contributed by atoms with Crippen molar-refractivity contribution in [3.8, 4) is 5.69 Å². The average Bonchev–Trinajstić information content (AvgIpc) is 2.78. The number of hydrogen-bond acceptors (Lipinski definition) is 1. The van der Waals surface area contributed by atoms with E-state index in [0.29, 0.717) is 12.0 Å². The lowest BCUT2D eigenvalue weighted by Gasteiger charge is -2.30. The Labute approximate surface area is 102 Å². The van der Waals surface area contributed by atoms with Crippen LogP contribution in [0.4, 0.5) is 5.69 Å². The van der Waals surface area contributed by atoms with Gasteiger partial charge in [-0.3, -0.25) is 0 Å². The van der Waals surface area contributed by atoms with Crippen LogP contribution in [0.15, 0.2) is 42.6 Å². The van der Waals surface area contributed by atoms with Crippen molar-refractivity contribution in [2.24, 2.45) is 5.92 Å². The van der Waals surface area contributed by atoms with Crippen molar-refractivity contribution in [1.29, 1.82) is 0 Å². The van der Waals surface area contributed by atoms with Crippen molar-refractivity contribution in [3.63, 3.8) is 0 Å². The third-order valence-electron chi connectivity index (χ3n) is 3.34. The monoisotopic (exact) mass is 226 g/mol. The van der Waals surface area contributed by atoms with Crippen molar-refractivity contribution in [3.05, 3.63) is 48.3 Å². The first-order chi connectivity index (χ1) is 8.25. The molecule has 1 aliphatic rings. The highest BCUT2D eigenvalue weighted by Gasteiger charge is 2.23. The van der Waals surface area contributed by atoms with Gasteiger partial charge in [0.15, 0.2) is 0 Å². The summed E-state index contributed by atoms with van der Waals surface area (Å²) >= 11 is 0. The summed E-state index contributed by atoms with van der Waals surface area (Å²) in [7, 11) is 0. The van der Waals surface area contributed by atoms with E-state index in [1.165, 1.54) is 23.5 Å². The quantitative estimate of drug-likeness (QED) is 0.819. The van der Waals surface area contributed by atoms with Crippen molar-refractivity contribution >= 4 is 5.69 Å². The highest BCUT2D eigenvalue weighted by Crippen LogP contribution is 2.35. The normalized spacial score (nSPS) is 17.5. The van der Waals surface area contributed by atoms with E-state index in [1.54, 1.807) is 0 Å². The van der Waals surface area contributed by atoms with Gasteiger partial charge in [-0.2, -0.15) is 0 Å². The summed E-state index contributed by atoms with van der Waals surface area (Å²) in [6.07, 6.45) is 3.32. The molecule has 1 aromatic carbocycles. The fraction of sp³-hybridized carbons (Fsp3) is 0.333. The molecular formula is C15H18N2. The van der Waals surface area contributed by atoms with E-state index in [4.69, 9.17) is 0 Å². The first-order valence-corrected chi connectivity index (χ1v) is 6.29. The van der Waals surface area contributed by atoms with Gasteiger partial charge in [0.25, 0.3) is 0 Å². The molecule has 17 heavy (non-hydrogen) atoms. The van der Waals surface area contributed by atoms with Crippen molar-refractivity contribution in [1.82, 2.24) is 4.57 Å². The van der Waals surface area contributed by atoms with Crippen molar-refractivity contribution in [2.45, 2.75) is 26.3 Å². The van der Waals surface area contributed by atoms with E-state index in [2.05, 4.69) is 66.3 Å². The Morgan fingerprint density at radius 3 is 2.82 bits per heavy atom. The third-order valence-corrected chi connectivity index (χ3v) is 3.34. The second-order valence-electron chi connectivity index (χ2n) is 5.15. The summed E-state index contributed by atoms with van der Waals surface area (Å²) in [6, 6.07) is 13.3. The number of hydrogen-bond donors (Lipinski definition) is 1. The molecule has 1 N–H and O–H groups in total. The number of nitrogens with one attached hydrogen (secondary N) is 1. The molecular weight excluding hydrogens is 208 g/mol. The topological polar surface area (TPSA) is 17.0 Å². The summed E-state index contributed by atoms with van der Waals surface area (Å²) in [5, 5.41) is 3.65. The molecule has 0 amide bonds. The minimum Gasteiger partial charge on any atom is -0.375 e. The van der Waals surface area contributed by atoms with Crippen LogP contribution in [0.2, 0.25) is 0 Å². The van der Waals surface area contributed by atoms with E-state index in [1.807, 2.05) is 0 Å². The van der Waals surface area contributed by atoms with E-state index in [0.717, 1.165) is 0 Å². The summed E-state index contributed by atoms with van der Waals surface area (Å²) in [4.78, 5) is 0. The van der Waals surface area contributed by atoms with E-state index in [9.17, 15) is 0 Å². The van der Waals surface area contributed by atoms with E-state index >= 15 is 0 Å². The number of rotatable bonds is 2. The van der Waals surface area contributed by atoms with Crippen molar-refractivity contribution < 1.29 is 0 Å². The summed E-state index contributed by atoms with van der Waals surface area (Å²) in [5.41, 5.74) is 3.87. The van der Waals surface area contributed by atoms with Gasteiger partial charge in [-0.25, -0.2) is 0 Å². The fourth-order valence-electron chi connectivity index (χ4n) is 2.62. The fourth-order valence-corrected chi connectivity index (χ4v) is 2.62. The maximum absolute atomic E-state index is 3.65. The van der Waals surface area contributed by atoms with Gasteiger partial charge in [-0.15, -0.1) is 0 Å². The summed E-state index contributed by atoms with van der Waals surface area (Å²) < 4.78 is 2.30. The van der Waals surface area contributed by atoms with Gasteiger partial charge in [0.2, 0.25) is 0 Å². The Morgan fingerprint density at radius 2 is 2.00 bits per heavy atom. The molecule has 2 nitrogen and oxygen atoms in total. The zero-order valence-electron chi connectivity index (χ0n) is 10.4. The molecule has 0 saturated carbocycles. The lowest BCUT2D eigenvalue weighted by atomic mass is 9.99. The van der Waals surface area contributed by atoms with E-state index in [-0.39, 0.29) is 0 Å². The number of fused-ring (bicyclic) bond motifs is 3. The van der Waals surface area contributed by atoms with Crippen LogP contribution in [0.3, 0.4) is 0 Å². The molecule has 0 saturated heterocycles. The number of benzene rings is 1. The molecule has 88 valence electrons. The smallest absolute Gasteiger partial charge is 0.0686 e. The molecule has 1 unspecified atom stereocenters. The molecule has 0 aliphatic carbocycles. The number of para-hydroxylation sites is 2. The summed E-state index contributed by atoms with van der Waals surface area (Å²) in [5.74, 6) is 0.695. The Morgan fingerprint density at radius 1 is 1.18 bits per heavy atom. The second-order valence-corrected chi connectivity index (χ2v) is 5.15. The van der Waals surface area contributed by atoms with Crippen LogP contribution in [-0.2, 0) is 0 Å². The Hall–Kier alpha value is -1.70. The molecule has 0 spiro atoms. The van der Waals surface area contributed by atoms with Gasteiger partial charge in [-0.1, -0.05) is 26.0 Å². The minimum atomic E-state index is 0.430. The number of anilines is 1. The SMILES string of the molecule is CC(C)CC1Nc2ccccc2-n2cccc21. The molecule has 0 radical (unpaired) electrons. The van der Waals surface area contributed by atoms with Crippen LogP contribution in [-0.4, -0.2) is 4.57 Å². The van der Waals surface area contributed by atoms with E-state index < -0.39 is 0 Å². The molecule has 3 rings (SSSR count). The lowest BCUT2D eigenvalue weighted by Crippen LogP contribution is -2.22. The average molecular weight is 226 g/mol. The zero-order valence-corrected chi connectivity index (χ0v) is 10.4. The van der Waals surface area contributed by atoms with Gasteiger partial charge in [0, 0.05) is 11.9 Å². The molecule has 1 aromatic heterocycles. The van der Waals surface area contributed by atoms with Crippen molar-refractivity contribution in [2.75, 3.05) is 5.32 Å². The predicted octanol–water partition coefficient (Wildman–Crippen LogP) is 3.99. The van der Waals surface area contributed by atoms with Gasteiger partial charge < -0.3 is 9.88 Å². The number of nitrogens with zero attached hydrogens (tertiary/aromatic N) is 1. The molecule has 1 atom stereocenters. The highest BCUT2D eigenvalue weighted by atomic mass is 15.1. The maximum atomic E-state index is 3.65. The lowest BCUT2D eigenvalue weighted by molar-refractivity contribution is 0.514. The summed E-state index contributed by atoms with van der Waals surface area (Å²) in [6.45, 7) is 4.55. The third kappa shape index (κ3) is 1.74. The first kappa shape index (κ1) is 10.5. The van der Waals surface area contributed by atoms with Crippen LogP contribution in [0, 0.1) is 5.92 Å². The van der Waals surface area contributed by atoms with Crippen LogP contribution in [0.1, 0.15) is 32.0 Å². The van der Waals surface area contributed by atoms with Crippen LogP contribution in [0.5, 0.6) is 0 Å². The maximum Gasteiger partial charge on any atom is 0.0686 e. The first-order valence-electron chi connectivity index (χ1n) is 6.29. The molecule has 2 heteroatoms. The molecule has 0 bridgehead atoms. The van der Waals surface area contributed by atoms with Crippen LogP contribution < -0.4 is 5.32 Å². The largest absolute Gasteiger partial charge is 0.375 e. The highest BCUT2D eigenvalue weighted by molar-refractivity contribution is 5.65. The molecule has 2 heterocycles. The molecule has 0 fully saturated rings. The predicted molar refractivity (Wildman–Crippen MR) is 71.6 cm³/mol. The minimum absolute atomic E-state index is 0.430. The standard InChI is InChI=1S/C15H18N2/c1-11(2)10-13-15-8-5-9-17(15)14-7-4-3-6-12(14)16-13/h3-9,11,13,16H,10H2,1-2H3.